The molecule has 1 atom stereocenters. The van der Waals surface area contributed by atoms with E-state index in [9.17, 15) is 9.59 Å². The van der Waals surface area contributed by atoms with Crippen molar-refractivity contribution in [2.24, 2.45) is 5.92 Å². The monoisotopic (exact) mass is 364 g/mol. The third-order valence-electron chi connectivity index (χ3n) is 4.83. The zero-order chi connectivity index (χ0) is 19.6. The van der Waals surface area contributed by atoms with Gasteiger partial charge in [0.15, 0.2) is 11.5 Å². The Balaban J connectivity index is 1.77. The molecule has 1 unspecified atom stereocenters. The molecule has 1 heterocycles. The highest BCUT2D eigenvalue weighted by Gasteiger charge is 2.37. The molecular weight excluding hydrogens is 344 g/mol. The number of aryl methyl sites for hydroxylation is 1. The number of hydrogen-bond acceptors (Lipinski definition) is 5. The summed E-state index contributed by atoms with van der Waals surface area (Å²) < 4.78 is 10.6. The van der Waals surface area contributed by atoms with E-state index in [0.29, 0.717) is 11.3 Å². The Kier molecular flexibility index (Phi) is 5.13. The number of anilines is 1. The first-order valence-corrected chi connectivity index (χ1v) is 8.61. The van der Waals surface area contributed by atoms with Crippen LogP contribution >= 0.6 is 0 Å². The molecule has 3 rings (SSSR count). The molecule has 27 heavy (non-hydrogen) atoms. The number of methoxy groups -OCH3 is 1. The molecular formula is C21H20N2O4. The summed E-state index contributed by atoms with van der Waals surface area (Å²) >= 11 is 0. The standard InChI is InChI=1S/C21H20N2O4/c1-13-5-4-6-17(14(13)2)23-12-16(10-20(23)24)21(25)27-18-8-7-15(11-22)9-19(18)26-3/h4-9,16H,10,12H2,1-3H3. The minimum Gasteiger partial charge on any atom is -0.493 e. The third-order valence-corrected chi connectivity index (χ3v) is 4.83. The number of hydrogen-bond donors (Lipinski definition) is 0. The zero-order valence-corrected chi connectivity index (χ0v) is 15.5. The van der Waals surface area contributed by atoms with Crippen molar-refractivity contribution in [3.8, 4) is 17.6 Å². The van der Waals surface area contributed by atoms with Crippen LogP contribution in [0.1, 0.15) is 23.1 Å². The molecule has 1 saturated heterocycles. The Morgan fingerprint density at radius 1 is 1.22 bits per heavy atom. The van der Waals surface area contributed by atoms with Crippen LogP contribution in [0.5, 0.6) is 11.5 Å². The molecule has 6 nitrogen and oxygen atoms in total. The molecule has 1 aliphatic heterocycles. The van der Waals surface area contributed by atoms with Gasteiger partial charge in [-0.25, -0.2) is 0 Å². The van der Waals surface area contributed by atoms with Crippen LogP contribution in [-0.2, 0) is 9.59 Å². The van der Waals surface area contributed by atoms with Gasteiger partial charge in [-0.2, -0.15) is 5.26 Å². The van der Waals surface area contributed by atoms with Crippen LogP contribution in [0.15, 0.2) is 36.4 Å². The van der Waals surface area contributed by atoms with Crippen LogP contribution in [0, 0.1) is 31.1 Å². The van der Waals surface area contributed by atoms with Crippen LogP contribution in [-0.4, -0.2) is 25.5 Å². The molecule has 2 aromatic rings. The van der Waals surface area contributed by atoms with Crippen LogP contribution < -0.4 is 14.4 Å². The summed E-state index contributed by atoms with van der Waals surface area (Å²) in [6.45, 7) is 4.23. The Morgan fingerprint density at radius 2 is 2.00 bits per heavy atom. The highest BCUT2D eigenvalue weighted by Crippen LogP contribution is 2.32. The summed E-state index contributed by atoms with van der Waals surface area (Å²) in [6.07, 6.45) is 0.102. The number of carbonyl (C=O) groups is 2. The first-order valence-electron chi connectivity index (χ1n) is 8.61. The van der Waals surface area contributed by atoms with Crippen LogP contribution in [0.4, 0.5) is 5.69 Å². The summed E-state index contributed by atoms with van der Waals surface area (Å²) in [7, 11) is 1.44. The molecule has 0 aliphatic carbocycles. The van der Waals surface area contributed by atoms with Gasteiger partial charge in [0.05, 0.1) is 24.7 Å². The van der Waals surface area contributed by atoms with Gasteiger partial charge in [-0.05, 0) is 43.2 Å². The van der Waals surface area contributed by atoms with Crippen molar-refractivity contribution in [1.29, 1.82) is 5.26 Å². The van der Waals surface area contributed by atoms with Gasteiger partial charge in [0.2, 0.25) is 5.91 Å². The largest absolute Gasteiger partial charge is 0.493 e. The quantitative estimate of drug-likeness (QED) is 0.615. The van der Waals surface area contributed by atoms with Gasteiger partial charge in [0.25, 0.3) is 0 Å². The highest BCUT2D eigenvalue weighted by atomic mass is 16.6. The fourth-order valence-electron chi connectivity index (χ4n) is 3.14. The summed E-state index contributed by atoms with van der Waals surface area (Å²) in [5.74, 6) is -0.605. The molecule has 0 N–H and O–H groups in total. The molecule has 2 aromatic carbocycles. The van der Waals surface area contributed by atoms with E-state index in [0.717, 1.165) is 16.8 Å². The van der Waals surface area contributed by atoms with Gasteiger partial charge in [0, 0.05) is 24.7 Å². The number of ether oxygens (including phenoxy) is 2. The summed E-state index contributed by atoms with van der Waals surface area (Å²) in [6, 6.07) is 12.4. The molecule has 138 valence electrons. The van der Waals surface area contributed by atoms with Gasteiger partial charge in [0.1, 0.15) is 0 Å². The van der Waals surface area contributed by atoms with E-state index in [2.05, 4.69) is 0 Å². The molecule has 0 bridgehead atoms. The fraction of sp³-hybridized carbons (Fsp3) is 0.286. The molecule has 1 fully saturated rings. The lowest BCUT2D eigenvalue weighted by molar-refractivity contribution is -0.139. The molecule has 0 aromatic heterocycles. The van der Waals surface area contributed by atoms with Gasteiger partial charge in [-0.3, -0.25) is 9.59 Å². The minimum absolute atomic E-state index is 0.0996. The van der Waals surface area contributed by atoms with E-state index in [1.54, 1.807) is 11.0 Å². The number of amides is 1. The van der Waals surface area contributed by atoms with Crippen molar-refractivity contribution in [2.45, 2.75) is 20.3 Å². The van der Waals surface area contributed by atoms with Gasteiger partial charge in [-0.1, -0.05) is 12.1 Å². The van der Waals surface area contributed by atoms with E-state index in [4.69, 9.17) is 14.7 Å². The lowest BCUT2D eigenvalue weighted by Crippen LogP contribution is -2.28. The Bertz CT molecular complexity index is 946. The van der Waals surface area contributed by atoms with Crippen molar-refractivity contribution in [1.82, 2.24) is 0 Å². The smallest absolute Gasteiger partial charge is 0.316 e. The molecule has 1 amide bonds. The van der Waals surface area contributed by atoms with E-state index < -0.39 is 11.9 Å². The van der Waals surface area contributed by atoms with Gasteiger partial charge < -0.3 is 14.4 Å². The van der Waals surface area contributed by atoms with E-state index in [1.807, 2.05) is 38.1 Å². The summed E-state index contributed by atoms with van der Waals surface area (Å²) in [5.41, 5.74) is 3.34. The SMILES string of the molecule is COc1cc(C#N)ccc1OC(=O)C1CC(=O)N(c2cccc(C)c2C)C1. The number of nitrogens with zero attached hydrogens (tertiary/aromatic N) is 2. The van der Waals surface area contributed by atoms with Gasteiger partial charge in [-0.15, -0.1) is 0 Å². The average Bonchev–Trinajstić information content (AvgIpc) is 3.06. The number of esters is 1. The maximum Gasteiger partial charge on any atom is 0.316 e. The predicted octanol–water partition coefficient (Wildman–Crippen LogP) is 3.14. The number of rotatable bonds is 4. The third kappa shape index (κ3) is 3.63. The molecule has 0 spiro atoms. The minimum atomic E-state index is -0.558. The number of carbonyl (C=O) groups excluding carboxylic acids is 2. The average molecular weight is 364 g/mol. The van der Waals surface area contributed by atoms with E-state index >= 15 is 0 Å². The van der Waals surface area contributed by atoms with E-state index in [-0.39, 0.29) is 24.6 Å². The van der Waals surface area contributed by atoms with Crippen LogP contribution in [0.2, 0.25) is 0 Å². The highest BCUT2D eigenvalue weighted by molar-refractivity contribution is 6.00. The second-order valence-electron chi connectivity index (χ2n) is 6.52. The topological polar surface area (TPSA) is 79.6 Å². The predicted molar refractivity (Wildman–Crippen MR) is 99.7 cm³/mol. The molecule has 0 saturated carbocycles. The van der Waals surface area contributed by atoms with Gasteiger partial charge >= 0.3 is 5.97 Å². The molecule has 1 aliphatic rings. The van der Waals surface area contributed by atoms with E-state index in [1.165, 1.54) is 19.2 Å². The lowest BCUT2D eigenvalue weighted by Gasteiger charge is -2.20. The number of benzene rings is 2. The Morgan fingerprint density at radius 3 is 2.70 bits per heavy atom. The van der Waals surface area contributed by atoms with Crippen molar-refractivity contribution in [3.63, 3.8) is 0 Å². The molecule has 0 radical (unpaired) electrons. The van der Waals surface area contributed by atoms with Crippen molar-refractivity contribution < 1.29 is 19.1 Å². The van der Waals surface area contributed by atoms with Crippen molar-refractivity contribution in [2.75, 3.05) is 18.6 Å². The Hall–Kier alpha value is -3.33. The van der Waals surface area contributed by atoms with Crippen LogP contribution in [0.3, 0.4) is 0 Å². The number of nitriles is 1. The fourth-order valence-corrected chi connectivity index (χ4v) is 3.14. The zero-order valence-electron chi connectivity index (χ0n) is 15.5. The van der Waals surface area contributed by atoms with Crippen molar-refractivity contribution in [3.05, 3.63) is 53.1 Å². The summed E-state index contributed by atoms with van der Waals surface area (Å²) in [4.78, 5) is 26.7. The van der Waals surface area contributed by atoms with Crippen molar-refractivity contribution >= 4 is 17.6 Å². The normalized spacial score (nSPS) is 16.1. The maximum atomic E-state index is 12.6. The lowest BCUT2D eigenvalue weighted by atomic mass is 10.1. The van der Waals surface area contributed by atoms with Crippen LogP contribution in [0.25, 0.3) is 0 Å². The first kappa shape index (κ1) is 18.5. The summed E-state index contributed by atoms with van der Waals surface area (Å²) in [5, 5.41) is 8.96. The maximum absolute atomic E-state index is 12.6. The second-order valence-corrected chi connectivity index (χ2v) is 6.52. The first-order chi connectivity index (χ1) is 12.9. The molecule has 6 heteroatoms. The second kappa shape index (κ2) is 7.50. The Labute approximate surface area is 157 Å².